The summed E-state index contributed by atoms with van der Waals surface area (Å²) < 4.78 is 0. The molecule has 1 saturated heterocycles. The van der Waals surface area contributed by atoms with Gasteiger partial charge >= 0.3 is 0 Å². The van der Waals surface area contributed by atoms with E-state index in [-0.39, 0.29) is 11.9 Å². The maximum atomic E-state index is 12.1. The molecule has 0 aromatic carbocycles. The Kier molecular flexibility index (Phi) is 2.99. The number of hydrogen-bond donors (Lipinski definition) is 2. The fourth-order valence-corrected chi connectivity index (χ4v) is 2.20. The second-order valence-electron chi connectivity index (χ2n) is 5.33. The van der Waals surface area contributed by atoms with Crippen LogP contribution >= 0.6 is 0 Å². The number of carbonyl (C=O) groups excluding carboxylic acids is 1. The van der Waals surface area contributed by atoms with Crippen molar-refractivity contribution in [3.05, 3.63) is 23.5 Å². The van der Waals surface area contributed by atoms with Crippen molar-refractivity contribution < 1.29 is 4.79 Å². The standard InChI is InChI=1S/C13H18N4O/c1-8(11-5-14-6-11)16-13(18)12-4-10(7-15-17-12)9-2-3-9/h4,7-9,11,14H,2-3,5-6H2,1H3,(H,16,18). The molecule has 3 rings (SSSR count). The van der Waals surface area contributed by atoms with Gasteiger partial charge in [-0.15, -0.1) is 5.10 Å². The second-order valence-corrected chi connectivity index (χ2v) is 5.33. The van der Waals surface area contributed by atoms with E-state index in [1.54, 1.807) is 6.20 Å². The highest BCUT2D eigenvalue weighted by atomic mass is 16.2. The van der Waals surface area contributed by atoms with Gasteiger partial charge in [-0.1, -0.05) is 0 Å². The van der Waals surface area contributed by atoms with E-state index in [0.29, 0.717) is 17.5 Å². The molecule has 2 heterocycles. The van der Waals surface area contributed by atoms with Crippen LogP contribution in [0.4, 0.5) is 0 Å². The molecule has 5 heteroatoms. The molecule has 1 aliphatic carbocycles. The van der Waals surface area contributed by atoms with Crippen LogP contribution in [0.15, 0.2) is 12.3 Å². The van der Waals surface area contributed by atoms with Crippen LogP contribution in [-0.2, 0) is 0 Å². The Bertz CT molecular complexity index is 454. The van der Waals surface area contributed by atoms with Crippen LogP contribution in [0.1, 0.15) is 41.7 Å². The van der Waals surface area contributed by atoms with Gasteiger partial charge in [-0.2, -0.15) is 5.10 Å². The number of hydrogen-bond acceptors (Lipinski definition) is 4. The Morgan fingerprint density at radius 2 is 2.28 bits per heavy atom. The molecule has 2 fully saturated rings. The lowest BCUT2D eigenvalue weighted by Gasteiger charge is -2.32. The van der Waals surface area contributed by atoms with Crippen molar-refractivity contribution >= 4 is 5.91 Å². The molecule has 0 bridgehead atoms. The number of amides is 1. The summed E-state index contributed by atoms with van der Waals surface area (Å²) in [6.07, 6.45) is 4.18. The zero-order valence-electron chi connectivity index (χ0n) is 10.5. The maximum absolute atomic E-state index is 12.1. The molecule has 1 unspecified atom stereocenters. The summed E-state index contributed by atoms with van der Waals surface area (Å²) in [4.78, 5) is 12.1. The summed E-state index contributed by atoms with van der Waals surface area (Å²) in [6, 6.07) is 2.07. The molecule has 5 nitrogen and oxygen atoms in total. The average Bonchev–Trinajstić information content (AvgIpc) is 3.10. The Balaban J connectivity index is 1.65. The molecule has 1 aromatic rings. The number of aromatic nitrogens is 2. The van der Waals surface area contributed by atoms with E-state index in [0.717, 1.165) is 18.7 Å². The fraction of sp³-hybridized carbons (Fsp3) is 0.615. The summed E-state index contributed by atoms with van der Waals surface area (Å²) >= 11 is 0. The summed E-state index contributed by atoms with van der Waals surface area (Å²) in [5, 5.41) is 14.1. The van der Waals surface area contributed by atoms with Crippen molar-refractivity contribution in [2.75, 3.05) is 13.1 Å². The largest absolute Gasteiger partial charge is 0.348 e. The topological polar surface area (TPSA) is 66.9 Å². The first-order valence-electron chi connectivity index (χ1n) is 6.58. The molecule has 0 radical (unpaired) electrons. The average molecular weight is 246 g/mol. The Labute approximate surface area is 106 Å². The SMILES string of the molecule is CC(NC(=O)c1cc(C2CC2)cnn1)C1CNC1. The molecule has 0 spiro atoms. The third-order valence-corrected chi connectivity index (χ3v) is 3.84. The molecular formula is C13H18N4O. The minimum Gasteiger partial charge on any atom is -0.348 e. The summed E-state index contributed by atoms with van der Waals surface area (Å²) in [5.74, 6) is 1.03. The maximum Gasteiger partial charge on any atom is 0.272 e. The van der Waals surface area contributed by atoms with Gasteiger partial charge in [0.2, 0.25) is 0 Å². The zero-order valence-corrected chi connectivity index (χ0v) is 10.5. The Morgan fingerprint density at radius 1 is 1.50 bits per heavy atom. The van der Waals surface area contributed by atoms with Gasteiger partial charge in [0.1, 0.15) is 0 Å². The van der Waals surface area contributed by atoms with E-state index in [1.165, 1.54) is 12.8 Å². The van der Waals surface area contributed by atoms with Gasteiger partial charge < -0.3 is 10.6 Å². The number of nitrogens with one attached hydrogen (secondary N) is 2. The lowest BCUT2D eigenvalue weighted by Crippen LogP contribution is -2.53. The van der Waals surface area contributed by atoms with Crippen molar-refractivity contribution in [1.82, 2.24) is 20.8 Å². The predicted octanol–water partition coefficient (Wildman–Crippen LogP) is 0.692. The predicted molar refractivity (Wildman–Crippen MR) is 67.3 cm³/mol. The second kappa shape index (κ2) is 4.65. The van der Waals surface area contributed by atoms with Crippen LogP contribution in [0.2, 0.25) is 0 Å². The van der Waals surface area contributed by atoms with Crippen molar-refractivity contribution in [2.24, 2.45) is 5.92 Å². The number of carbonyl (C=O) groups is 1. The van der Waals surface area contributed by atoms with Crippen LogP contribution in [0.25, 0.3) is 0 Å². The van der Waals surface area contributed by atoms with Crippen LogP contribution in [0, 0.1) is 5.92 Å². The van der Waals surface area contributed by atoms with Crippen LogP contribution in [0.5, 0.6) is 0 Å². The van der Waals surface area contributed by atoms with Crippen LogP contribution < -0.4 is 10.6 Å². The summed E-state index contributed by atoms with van der Waals surface area (Å²) in [5.41, 5.74) is 1.59. The van der Waals surface area contributed by atoms with E-state index in [9.17, 15) is 4.79 Å². The summed E-state index contributed by atoms with van der Waals surface area (Å²) in [6.45, 7) is 4.01. The highest BCUT2D eigenvalue weighted by Crippen LogP contribution is 2.39. The Morgan fingerprint density at radius 3 is 2.89 bits per heavy atom. The molecule has 96 valence electrons. The van der Waals surface area contributed by atoms with Gasteiger partial charge in [0, 0.05) is 25.0 Å². The quantitative estimate of drug-likeness (QED) is 0.820. The molecule has 1 saturated carbocycles. The highest BCUT2D eigenvalue weighted by Gasteiger charge is 2.27. The first kappa shape index (κ1) is 11.6. The molecule has 1 aromatic heterocycles. The van der Waals surface area contributed by atoms with E-state index >= 15 is 0 Å². The van der Waals surface area contributed by atoms with Crippen LogP contribution in [0.3, 0.4) is 0 Å². The first-order chi connectivity index (χ1) is 8.74. The van der Waals surface area contributed by atoms with E-state index in [4.69, 9.17) is 0 Å². The molecular weight excluding hydrogens is 228 g/mol. The van der Waals surface area contributed by atoms with E-state index in [2.05, 4.69) is 20.8 Å². The normalized spacial score (nSPS) is 21.2. The molecule has 2 aliphatic rings. The van der Waals surface area contributed by atoms with Crippen molar-refractivity contribution in [2.45, 2.75) is 31.7 Å². The van der Waals surface area contributed by atoms with Gasteiger partial charge in [-0.25, -0.2) is 0 Å². The lowest BCUT2D eigenvalue weighted by atomic mass is 9.95. The monoisotopic (exact) mass is 246 g/mol. The lowest BCUT2D eigenvalue weighted by molar-refractivity contribution is 0.0910. The third-order valence-electron chi connectivity index (χ3n) is 3.84. The molecule has 1 atom stereocenters. The van der Waals surface area contributed by atoms with Gasteiger partial charge in [0.25, 0.3) is 5.91 Å². The third kappa shape index (κ3) is 2.36. The van der Waals surface area contributed by atoms with Crippen LogP contribution in [-0.4, -0.2) is 35.2 Å². The van der Waals surface area contributed by atoms with Gasteiger partial charge in [-0.05, 0) is 37.3 Å². The van der Waals surface area contributed by atoms with E-state index < -0.39 is 0 Å². The minimum absolute atomic E-state index is 0.107. The molecule has 1 aliphatic heterocycles. The highest BCUT2D eigenvalue weighted by molar-refractivity contribution is 5.92. The fourth-order valence-electron chi connectivity index (χ4n) is 2.20. The smallest absolute Gasteiger partial charge is 0.272 e. The first-order valence-corrected chi connectivity index (χ1v) is 6.58. The van der Waals surface area contributed by atoms with Crippen molar-refractivity contribution in [3.63, 3.8) is 0 Å². The van der Waals surface area contributed by atoms with Crippen molar-refractivity contribution in [3.8, 4) is 0 Å². The van der Waals surface area contributed by atoms with Crippen molar-refractivity contribution in [1.29, 1.82) is 0 Å². The number of rotatable bonds is 4. The minimum atomic E-state index is -0.107. The molecule has 18 heavy (non-hydrogen) atoms. The molecule has 1 amide bonds. The van der Waals surface area contributed by atoms with E-state index in [1.807, 2.05) is 13.0 Å². The van der Waals surface area contributed by atoms with Gasteiger partial charge in [0.05, 0.1) is 6.20 Å². The van der Waals surface area contributed by atoms with Gasteiger partial charge in [-0.3, -0.25) is 4.79 Å². The number of nitrogens with zero attached hydrogens (tertiary/aromatic N) is 2. The summed E-state index contributed by atoms with van der Waals surface area (Å²) in [7, 11) is 0. The molecule has 2 N–H and O–H groups in total. The van der Waals surface area contributed by atoms with Gasteiger partial charge in [0.15, 0.2) is 5.69 Å². The zero-order chi connectivity index (χ0) is 12.5. The Hall–Kier alpha value is -1.49.